The number of likely N-dealkylation sites (N-methyl/N-ethyl adjacent to an activating group) is 2. The zero-order valence-corrected chi connectivity index (χ0v) is 9.32. The maximum atomic E-state index is 11.3. The maximum Gasteiger partial charge on any atom is 0.320 e. The Kier molecular flexibility index (Phi) is 4.35. The Morgan fingerprint density at radius 1 is 1.57 bits per heavy atom. The van der Waals surface area contributed by atoms with Gasteiger partial charge in [0, 0.05) is 6.54 Å². The van der Waals surface area contributed by atoms with Crippen LogP contribution in [0, 0.1) is 0 Å². The molecule has 1 fully saturated rings. The van der Waals surface area contributed by atoms with E-state index in [4.69, 9.17) is 4.74 Å². The minimum absolute atomic E-state index is 0.0983. The van der Waals surface area contributed by atoms with Gasteiger partial charge in [-0.2, -0.15) is 0 Å². The van der Waals surface area contributed by atoms with Gasteiger partial charge in [-0.25, -0.2) is 0 Å². The first-order valence-corrected chi connectivity index (χ1v) is 5.10. The summed E-state index contributed by atoms with van der Waals surface area (Å²) >= 11 is 0. The molecule has 0 N–H and O–H groups in total. The lowest BCUT2D eigenvalue weighted by atomic mass is 10.1. The maximum absolute atomic E-state index is 11.3. The van der Waals surface area contributed by atoms with Crippen LogP contribution in [0.15, 0.2) is 0 Å². The number of rotatable bonds is 3. The Balaban J connectivity index is 2.25. The summed E-state index contributed by atoms with van der Waals surface area (Å²) in [5.41, 5.74) is 0. The Morgan fingerprint density at radius 3 is 2.86 bits per heavy atom. The molecule has 14 heavy (non-hydrogen) atoms. The van der Waals surface area contributed by atoms with Crippen molar-refractivity contribution < 1.29 is 9.53 Å². The third-order valence-electron chi connectivity index (χ3n) is 2.32. The van der Waals surface area contributed by atoms with Gasteiger partial charge in [-0.05, 0) is 40.5 Å². The molecule has 1 aliphatic heterocycles. The summed E-state index contributed by atoms with van der Waals surface area (Å²) in [5, 5.41) is 0. The van der Waals surface area contributed by atoms with Crippen molar-refractivity contribution in [2.24, 2.45) is 0 Å². The topological polar surface area (TPSA) is 32.8 Å². The van der Waals surface area contributed by atoms with Crippen LogP contribution in [-0.4, -0.2) is 62.7 Å². The normalized spacial score (nSPS) is 23.9. The molecule has 1 atom stereocenters. The van der Waals surface area contributed by atoms with Crippen LogP contribution in [0.25, 0.3) is 0 Å². The number of esters is 1. The number of hydrogen-bond acceptors (Lipinski definition) is 4. The van der Waals surface area contributed by atoms with Crippen LogP contribution >= 0.6 is 0 Å². The van der Waals surface area contributed by atoms with Crippen molar-refractivity contribution in [2.45, 2.75) is 18.9 Å². The van der Waals surface area contributed by atoms with Crippen molar-refractivity contribution in [3.05, 3.63) is 0 Å². The van der Waals surface area contributed by atoms with Gasteiger partial charge in [0.15, 0.2) is 0 Å². The molecule has 0 unspecified atom stereocenters. The molecule has 1 saturated heterocycles. The first kappa shape index (κ1) is 11.5. The smallest absolute Gasteiger partial charge is 0.320 e. The fraction of sp³-hybridized carbons (Fsp3) is 0.900. The second-order valence-corrected chi connectivity index (χ2v) is 4.25. The quantitative estimate of drug-likeness (QED) is 0.609. The highest BCUT2D eigenvalue weighted by atomic mass is 16.5. The summed E-state index contributed by atoms with van der Waals surface area (Å²) in [6.45, 7) is 2.36. The van der Waals surface area contributed by atoms with Gasteiger partial charge >= 0.3 is 5.97 Å². The molecular weight excluding hydrogens is 180 g/mol. The molecule has 0 aromatic carbocycles. The van der Waals surface area contributed by atoms with E-state index in [1.807, 2.05) is 19.0 Å². The van der Waals surface area contributed by atoms with Crippen molar-refractivity contribution >= 4 is 5.97 Å². The molecule has 1 heterocycles. The summed E-state index contributed by atoms with van der Waals surface area (Å²) < 4.78 is 5.35. The fourth-order valence-electron chi connectivity index (χ4n) is 1.70. The van der Waals surface area contributed by atoms with E-state index in [1.165, 1.54) is 0 Å². The number of ether oxygens (including phenoxy) is 1. The predicted octanol–water partition coefficient (Wildman–Crippen LogP) is 0.185. The molecule has 0 aromatic heterocycles. The molecular formula is C10H20N2O2. The highest BCUT2D eigenvalue weighted by molar-refractivity contribution is 5.71. The standard InChI is InChI=1S/C10H20N2O2/c1-11(2)8-10(13)14-9-5-4-6-12(3)7-9/h9H,4-8H2,1-3H3/t9-/m0/s1. The summed E-state index contributed by atoms with van der Waals surface area (Å²) in [7, 11) is 5.80. The van der Waals surface area contributed by atoms with Gasteiger partial charge in [0.05, 0.1) is 6.54 Å². The van der Waals surface area contributed by atoms with Crippen LogP contribution < -0.4 is 0 Å². The van der Waals surface area contributed by atoms with E-state index in [2.05, 4.69) is 11.9 Å². The van der Waals surface area contributed by atoms with E-state index in [0.717, 1.165) is 25.9 Å². The number of piperidine rings is 1. The summed E-state index contributed by atoms with van der Waals surface area (Å²) in [6.07, 6.45) is 2.22. The molecule has 82 valence electrons. The lowest BCUT2D eigenvalue weighted by Gasteiger charge is -2.29. The third kappa shape index (κ3) is 4.07. The summed E-state index contributed by atoms with van der Waals surface area (Å²) in [4.78, 5) is 15.4. The molecule has 0 amide bonds. The predicted molar refractivity (Wildman–Crippen MR) is 55.2 cm³/mol. The largest absolute Gasteiger partial charge is 0.460 e. The van der Waals surface area contributed by atoms with Gasteiger partial charge in [0.1, 0.15) is 6.10 Å². The van der Waals surface area contributed by atoms with Gasteiger partial charge in [0.25, 0.3) is 0 Å². The average Bonchev–Trinajstić information content (AvgIpc) is 2.01. The lowest BCUT2D eigenvalue weighted by Crippen LogP contribution is -2.39. The molecule has 0 bridgehead atoms. The van der Waals surface area contributed by atoms with Crippen molar-refractivity contribution in [3.8, 4) is 0 Å². The third-order valence-corrected chi connectivity index (χ3v) is 2.32. The summed E-state index contributed by atoms with van der Waals surface area (Å²) in [6, 6.07) is 0. The Morgan fingerprint density at radius 2 is 2.29 bits per heavy atom. The monoisotopic (exact) mass is 200 g/mol. The Hall–Kier alpha value is -0.610. The van der Waals surface area contributed by atoms with E-state index < -0.39 is 0 Å². The van der Waals surface area contributed by atoms with Gasteiger partial charge in [-0.15, -0.1) is 0 Å². The van der Waals surface area contributed by atoms with Gasteiger partial charge in [0.2, 0.25) is 0 Å². The summed E-state index contributed by atoms with van der Waals surface area (Å²) in [5.74, 6) is -0.115. The van der Waals surface area contributed by atoms with Gasteiger partial charge in [-0.3, -0.25) is 9.69 Å². The first-order valence-electron chi connectivity index (χ1n) is 5.10. The SMILES string of the molecule is CN(C)CC(=O)O[C@H]1CCCN(C)C1. The van der Waals surface area contributed by atoms with Crippen LogP contribution in [0.2, 0.25) is 0 Å². The molecule has 0 aliphatic carbocycles. The highest BCUT2D eigenvalue weighted by Crippen LogP contribution is 2.11. The molecule has 0 aromatic rings. The number of likely N-dealkylation sites (tertiary alicyclic amines) is 1. The van der Waals surface area contributed by atoms with E-state index in [-0.39, 0.29) is 12.1 Å². The van der Waals surface area contributed by atoms with E-state index in [9.17, 15) is 4.79 Å². The molecule has 4 nitrogen and oxygen atoms in total. The van der Waals surface area contributed by atoms with Crippen molar-refractivity contribution in [1.82, 2.24) is 9.80 Å². The molecule has 0 saturated carbocycles. The van der Waals surface area contributed by atoms with E-state index in [0.29, 0.717) is 6.54 Å². The molecule has 4 heteroatoms. The molecule has 1 aliphatic rings. The zero-order valence-electron chi connectivity index (χ0n) is 9.32. The number of carbonyl (C=O) groups excluding carboxylic acids is 1. The second kappa shape index (κ2) is 5.32. The van der Waals surface area contributed by atoms with Crippen molar-refractivity contribution in [2.75, 3.05) is 40.8 Å². The second-order valence-electron chi connectivity index (χ2n) is 4.25. The molecule has 0 spiro atoms. The Bertz CT molecular complexity index is 195. The van der Waals surface area contributed by atoms with Crippen LogP contribution in [0.1, 0.15) is 12.8 Å². The number of nitrogens with zero attached hydrogens (tertiary/aromatic N) is 2. The molecule has 0 radical (unpaired) electrons. The fourth-order valence-corrected chi connectivity index (χ4v) is 1.70. The van der Waals surface area contributed by atoms with Crippen LogP contribution in [0.4, 0.5) is 0 Å². The minimum Gasteiger partial charge on any atom is -0.460 e. The minimum atomic E-state index is -0.115. The molecule has 1 rings (SSSR count). The highest BCUT2D eigenvalue weighted by Gasteiger charge is 2.20. The number of carbonyl (C=O) groups is 1. The zero-order chi connectivity index (χ0) is 10.6. The van der Waals surface area contributed by atoms with Crippen molar-refractivity contribution in [3.63, 3.8) is 0 Å². The van der Waals surface area contributed by atoms with Crippen LogP contribution in [0.5, 0.6) is 0 Å². The van der Waals surface area contributed by atoms with E-state index >= 15 is 0 Å². The Labute approximate surface area is 85.8 Å². The van der Waals surface area contributed by atoms with Gasteiger partial charge in [-0.1, -0.05) is 0 Å². The van der Waals surface area contributed by atoms with E-state index in [1.54, 1.807) is 0 Å². The van der Waals surface area contributed by atoms with Crippen LogP contribution in [-0.2, 0) is 9.53 Å². The first-order chi connectivity index (χ1) is 6.58. The van der Waals surface area contributed by atoms with Gasteiger partial charge < -0.3 is 9.64 Å². The lowest BCUT2D eigenvalue weighted by molar-refractivity contribution is -0.152. The number of hydrogen-bond donors (Lipinski definition) is 0. The van der Waals surface area contributed by atoms with Crippen LogP contribution in [0.3, 0.4) is 0 Å². The average molecular weight is 200 g/mol. The van der Waals surface area contributed by atoms with Crippen molar-refractivity contribution in [1.29, 1.82) is 0 Å².